The van der Waals surface area contributed by atoms with Gasteiger partial charge in [0.2, 0.25) is 0 Å². The third kappa shape index (κ3) is 4.21. The molecule has 1 aromatic rings. The summed E-state index contributed by atoms with van der Waals surface area (Å²) in [5.74, 6) is 0.174. The molecule has 0 saturated heterocycles. The van der Waals surface area contributed by atoms with Gasteiger partial charge in [0.05, 0.1) is 23.3 Å². The highest BCUT2D eigenvalue weighted by molar-refractivity contribution is 6.00. The van der Waals surface area contributed by atoms with Crippen LogP contribution in [0, 0.1) is 23.2 Å². The van der Waals surface area contributed by atoms with Gasteiger partial charge in [0.15, 0.2) is 0 Å². The van der Waals surface area contributed by atoms with E-state index in [-0.39, 0.29) is 18.1 Å². The van der Waals surface area contributed by atoms with Gasteiger partial charge in [-0.25, -0.2) is 9.59 Å². The van der Waals surface area contributed by atoms with E-state index < -0.39 is 29.0 Å². The van der Waals surface area contributed by atoms with Crippen molar-refractivity contribution in [1.82, 2.24) is 0 Å². The molecule has 4 aliphatic rings. The summed E-state index contributed by atoms with van der Waals surface area (Å²) in [6, 6.07) is 5.50. The molecule has 4 aliphatic carbocycles. The lowest BCUT2D eigenvalue weighted by molar-refractivity contribution is -0.166. The third-order valence-electron chi connectivity index (χ3n) is 7.29. The van der Waals surface area contributed by atoms with Crippen LogP contribution in [0.4, 0.5) is 10.5 Å². The molecule has 174 valence electrons. The zero-order valence-corrected chi connectivity index (χ0v) is 19.3. The van der Waals surface area contributed by atoms with Crippen LogP contribution < -0.4 is 5.32 Å². The van der Waals surface area contributed by atoms with Crippen molar-refractivity contribution in [3.05, 3.63) is 29.3 Å². The highest BCUT2D eigenvalue weighted by Crippen LogP contribution is 2.65. The molecule has 1 amide bonds. The van der Waals surface area contributed by atoms with Gasteiger partial charge in [-0.1, -0.05) is 6.07 Å². The van der Waals surface area contributed by atoms with E-state index in [0.29, 0.717) is 36.3 Å². The van der Waals surface area contributed by atoms with Crippen molar-refractivity contribution in [1.29, 1.82) is 0 Å². The maximum absolute atomic E-state index is 12.5. The number of esters is 1. The summed E-state index contributed by atoms with van der Waals surface area (Å²) < 4.78 is 10.6. The predicted octanol–water partition coefficient (Wildman–Crippen LogP) is 5.20. The Morgan fingerprint density at radius 2 is 1.78 bits per heavy atom. The quantitative estimate of drug-likeness (QED) is 0.606. The summed E-state index contributed by atoms with van der Waals surface area (Å²) in [5, 5.41) is 12.6. The van der Waals surface area contributed by atoms with Crippen molar-refractivity contribution in [2.24, 2.45) is 23.2 Å². The highest BCUT2D eigenvalue weighted by atomic mass is 16.6. The maximum atomic E-state index is 12.5. The molecule has 0 heterocycles. The summed E-state index contributed by atoms with van der Waals surface area (Å²) >= 11 is 0. The molecular formula is C25H33NO6. The van der Waals surface area contributed by atoms with Gasteiger partial charge in [-0.3, -0.25) is 10.1 Å². The van der Waals surface area contributed by atoms with Crippen LogP contribution in [0.3, 0.4) is 0 Å². The molecule has 0 aromatic heterocycles. The molecule has 1 aromatic carbocycles. The molecular weight excluding hydrogens is 410 g/mol. The molecule has 7 nitrogen and oxygen atoms in total. The lowest BCUT2D eigenvalue weighted by Gasteiger charge is -2.58. The van der Waals surface area contributed by atoms with Crippen LogP contribution in [0.25, 0.3) is 0 Å². The van der Waals surface area contributed by atoms with Gasteiger partial charge in [0.1, 0.15) is 5.60 Å². The molecule has 32 heavy (non-hydrogen) atoms. The standard InChI is InChI=1S/C25H33NO6/c1-5-31-21(27)18-7-6-15(10-19(18)26-23(30)32-24(2,3)4)20-16-8-14-9-17(20)13-25(11-14,12-16)22(28)29/h6-7,10,14,16-17,20H,5,8-9,11-13H2,1-4H3,(H,26,30)(H,28,29). The molecule has 2 N–H and O–H groups in total. The van der Waals surface area contributed by atoms with Crippen molar-refractivity contribution in [3.63, 3.8) is 0 Å². The molecule has 2 unspecified atom stereocenters. The van der Waals surface area contributed by atoms with E-state index in [1.54, 1.807) is 33.8 Å². The second-order valence-electron chi connectivity index (χ2n) is 10.7. The van der Waals surface area contributed by atoms with Crippen LogP contribution in [0.5, 0.6) is 0 Å². The maximum Gasteiger partial charge on any atom is 0.412 e. The minimum absolute atomic E-state index is 0.231. The van der Waals surface area contributed by atoms with E-state index in [1.807, 2.05) is 12.1 Å². The fourth-order valence-electron chi connectivity index (χ4n) is 6.50. The van der Waals surface area contributed by atoms with E-state index in [1.165, 1.54) is 0 Å². The number of amides is 1. The number of hydrogen-bond acceptors (Lipinski definition) is 5. The minimum Gasteiger partial charge on any atom is -0.481 e. The number of carboxylic acids is 1. The average molecular weight is 444 g/mol. The van der Waals surface area contributed by atoms with Crippen LogP contribution in [-0.2, 0) is 14.3 Å². The zero-order valence-electron chi connectivity index (χ0n) is 19.3. The highest BCUT2D eigenvalue weighted by Gasteiger charge is 2.58. The summed E-state index contributed by atoms with van der Waals surface area (Å²) in [6.07, 6.45) is 3.67. The molecule has 0 radical (unpaired) electrons. The van der Waals surface area contributed by atoms with Crippen LogP contribution in [0.1, 0.15) is 81.6 Å². The van der Waals surface area contributed by atoms with Crippen molar-refractivity contribution in [3.8, 4) is 0 Å². The van der Waals surface area contributed by atoms with Crippen molar-refractivity contribution < 1.29 is 29.0 Å². The van der Waals surface area contributed by atoms with E-state index in [0.717, 1.165) is 24.8 Å². The summed E-state index contributed by atoms with van der Waals surface area (Å²) in [4.78, 5) is 37.0. The summed E-state index contributed by atoms with van der Waals surface area (Å²) in [7, 11) is 0. The monoisotopic (exact) mass is 443 g/mol. The van der Waals surface area contributed by atoms with Gasteiger partial charge in [0, 0.05) is 0 Å². The normalized spacial score (nSPS) is 30.6. The molecule has 0 spiro atoms. The van der Waals surface area contributed by atoms with Crippen LogP contribution in [-0.4, -0.2) is 35.3 Å². The van der Waals surface area contributed by atoms with Crippen LogP contribution in [0.2, 0.25) is 0 Å². The van der Waals surface area contributed by atoms with Crippen LogP contribution in [0.15, 0.2) is 18.2 Å². The third-order valence-corrected chi connectivity index (χ3v) is 7.29. The Bertz CT molecular complexity index is 917. The number of carboxylic acid groups (broad SMARTS) is 1. The molecule has 7 heteroatoms. The average Bonchev–Trinajstić information content (AvgIpc) is 2.66. The Balaban J connectivity index is 1.65. The number of rotatable bonds is 5. The molecule has 4 saturated carbocycles. The fourth-order valence-corrected chi connectivity index (χ4v) is 6.50. The Morgan fingerprint density at radius 3 is 2.34 bits per heavy atom. The first-order valence-corrected chi connectivity index (χ1v) is 11.6. The van der Waals surface area contributed by atoms with Gasteiger partial charge in [-0.2, -0.15) is 0 Å². The SMILES string of the molecule is CCOC(=O)c1ccc(C2C3CC4CC2CC(C(=O)O)(C4)C3)cc1NC(=O)OC(C)(C)C. The number of benzene rings is 1. The molecule has 4 bridgehead atoms. The fraction of sp³-hybridized carbons (Fsp3) is 0.640. The second-order valence-corrected chi connectivity index (χ2v) is 10.7. The van der Waals surface area contributed by atoms with E-state index in [9.17, 15) is 19.5 Å². The zero-order chi connectivity index (χ0) is 23.3. The number of hydrogen-bond donors (Lipinski definition) is 2. The van der Waals surface area contributed by atoms with Gasteiger partial charge in [-0.05, 0) is 101 Å². The smallest absolute Gasteiger partial charge is 0.412 e. The summed E-state index contributed by atoms with van der Waals surface area (Å²) in [5.41, 5.74) is 0.455. The number of carbonyl (C=O) groups excluding carboxylic acids is 2. The molecule has 0 aliphatic heterocycles. The van der Waals surface area contributed by atoms with Gasteiger partial charge in [0.25, 0.3) is 0 Å². The van der Waals surface area contributed by atoms with E-state index >= 15 is 0 Å². The van der Waals surface area contributed by atoms with Gasteiger partial charge in [-0.15, -0.1) is 0 Å². The van der Waals surface area contributed by atoms with E-state index in [2.05, 4.69) is 5.32 Å². The topological polar surface area (TPSA) is 102 Å². The predicted molar refractivity (Wildman–Crippen MR) is 119 cm³/mol. The Hall–Kier alpha value is -2.57. The van der Waals surface area contributed by atoms with Crippen molar-refractivity contribution >= 4 is 23.7 Å². The second kappa shape index (κ2) is 8.09. The lowest BCUT2D eigenvalue weighted by Crippen LogP contribution is -2.53. The number of anilines is 1. The first-order chi connectivity index (χ1) is 15.0. The Labute approximate surface area is 188 Å². The summed E-state index contributed by atoms with van der Waals surface area (Å²) in [6.45, 7) is 7.31. The van der Waals surface area contributed by atoms with Crippen molar-refractivity contribution in [2.45, 2.75) is 71.3 Å². The lowest BCUT2D eigenvalue weighted by atomic mass is 9.45. The number of carbonyl (C=O) groups is 3. The molecule has 4 fully saturated rings. The first kappa shape index (κ1) is 22.6. The Kier molecular flexibility index (Phi) is 5.72. The molecule has 2 atom stereocenters. The molecule has 5 rings (SSSR count). The van der Waals surface area contributed by atoms with E-state index in [4.69, 9.17) is 9.47 Å². The minimum atomic E-state index is -0.668. The van der Waals surface area contributed by atoms with Crippen molar-refractivity contribution in [2.75, 3.05) is 11.9 Å². The van der Waals surface area contributed by atoms with Gasteiger partial charge >= 0.3 is 18.0 Å². The number of nitrogens with one attached hydrogen (secondary N) is 1. The first-order valence-electron chi connectivity index (χ1n) is 11.6. The number of ether oxygens (including phenoxy) is 2. The number of aliphatic carboxylic acids is 1. The largest absolute Gasteiger partial charge is 0.481 e. The van der Waals surface area contributed by atoms with Crippen LogP contribution >= 0.6 is 0 Å². The Morgan fingerprint density at radius 1 is 1.12 bits per heavy atom. The van der Waals surface area contributed by atoms with Gasteiger partial charge < -0.3 is 14.6 Å².